The lowest BCUT2D eigenvalue weighted by atomic mass is 10.2. The van der Waals surface area contributed by atoms with Crippen molar-refractivity contribution in [3.63, 3.8) is 0 Å². The molecule has 2 amide bonds. The molecule has 0 atom stereocenters. The van der Waals surface area contributed by atoms with E-state index in [1.54, 1.807) is 0 Å². The molecule has 1 fully saturated rings. The van der Waals surface area contributed by atoms with Crippen molar-refractivity contribution < 1.29 is 9.59 Å². The van der Waals surface area contributed by atoms with Crippen molar-refractivity contribution in [3.05, 3.63) is 65.9 Å². The fourth-order valence-corrected chi connectivity index (χ4v) is 2.82. The number of para-hydroxylation sites is 1. The van der Waals surface area contributed by atoms with Crippen molar-refractivity contribution in [3.8, 4) is 0 Å². The molecule has 0 radical (unpaired) electrons. The quantitative estimate of drug-likeness (QED) is 0.669. The number of nitrogens with one attached hydrogen (secondary N) is 3. The standard InChI is InChI=1S/C20H19N3O2/c24-19(14-8-9-14)22-16-6-3-4-13(10-16)12-21-20(25)18-11-15-5-1-2-7-17(15)23-18/h1-7,10-11,14,23H,8-9,12H2,(H,21,25)(H,22,24). The van der Waals surface area contributed by atoms with Crippen LogP contribution in [-0.2, 0) is 11.3 Å². The number of rotatable bonds is 5. The average molecular weight is 333 g/mol. The van der Waals surface area contributed by atoms with Gasteiger partial charge in [0.1, 0.15) is 5.69 Å². The first kappa shape index (κ1) is 15.4. The summed E-state index contributed by atoms with van der Waals surface area (Å²) in [4.78, 5) is 27.3. The lowest BCUT2D eigenvalue weighted by molar-refractivity contribution is -0.117. The van der Waals surface area contributed by atoms with Gasteiger partial charge in [-0.2, -0.15) is 0 Å². The summed E-state index contributed by atoms with van der Waals surface area (Å²) in [5.74, 6) is 0.105. The van der Waals surface area contributed by atoms with E-state index in [0.29, 0.717) is 12.2 Å². The highest BCUT2D eigenvalue weighted by molar-refractivity contribution is 5.98. The van der Waals surface area contributed by atoms with Crippen molar-refractivity contribution in [1.29, 1.82) is 0 Å². The van der Waals surface area contributed by atoms with E-state index >= 15 is 0 Å². The second-order valence-corrected chi connectivity index (χ2v) is 6.42. The minimum Gasteiger partial charge on any atom is -0.351 e. The van der Waals surface area contributed by atoms with E-state index in [2.05, 4.69) is 15.6 Å². The SMILES string of the molecule is O=C(NCc1cccc(NC(=O)C2CC2)c1)c1cc2ccccc2[nH]1. The molecule has 0 aliphatic heterocycles. The van der Waals surface area contributed by atoms with Crippen molar-refractivity contribution in [1.82, 2.24) is 10.3 Å². The van der Waals surface area contributed by atoms with E-state index in [9.17, 15) is 9.59 Å². The molecule has 1 aliphatic carbocycles. The number of hydrogen-bond acceptors (Lipinski definition) is 2. The Morgan fingerprint density at radius 2 is 1.88 bits per heavy atom. The Labute approximate surface area is 145 Å². The molecule has 5 heteroatoms. The molecule has 5 nitrogen and oxygen atoms in total. The highest BCUT2D eigenvalue weighted by atomic mass is 16.2. The van der Waals surface area contributed by atoms with Crippen LogP contribution in [0.4, 0.5) is 5.69 Å². The van der Waals surface area contributed by atoms with Gasteiger partial charge in [-0.15, -0.1) is 0 Å². The third kappa shape index (κ3) is 3.55. The molecule has 25 heavy (non-hydrogen) atoms. The molecule has 4 rings (SSSR count). The largest absolute Gasteiger partial charge is 0.351 e. The zero-order valence-corrected chi connectivity index (χ0v) is 13.7. The number of aromatic amines is 1. The van der Waals surface area contributed by atoms with Gasteiger partial charge in [0.2, 0.25) is 5.91 Å². The molecule has 0 saturated heterocycles. The number of fused-ring (bicyclic) bond motifs is 1. The maximum Gasteiger partial charge on any atom is 0.267 e. The third-order valence-electron chi connectivity index (χ3n) is 4.37. The second kappa shape index (κ2) is 6.43. The molecular formula is C20H19N3O2. The van der Waals surface area contributed by atoms with Crippen LogP contribution in [0.1, 0.15) is 28.9 Å². The summed E-state index contributed by atoms with van der Waals surface area (Å²) >= 11 is 0. The number of benzene rings is 2. The molecule has 1 heterocycles. The highest BCUT2D eigenvalue weighted by Gasteiger charge is 2.29. The molecule has 1 aliphatic rings. The second-order valence-electron chi connectivity index (χ2n) is 6.42. The summed E-state index contributed by atoms with van der Waals surface area (Å²) < 4.78 is 0. The van der Waals surface area contributed by atoms with Crippen LogP contribution in [0.25, 0.3) is 10.9 Å². The number of anilines is 1. The normalized spacial score (nSPS) is 13.6. The first-order valence-electron chi connectivity index (χ1n) is 8.45. The summed E-state index contributed by atoms with van der Waals surface area (Å²) in [6.45, 7) is 0.404. The molecule has 126 valence electrons. The highest BCUT2D eigenvalue weighted by Crippen LogP contribution is 2.30. The zero-order chi connectivity index (χ0) is 17.2. The van der Waals surface area contributed by atoms with Crippen LogP contribution >= 0.6 is 0 Å². The fraction of sp³-hybridized carbons (Fsp3) is 0.200. The molecule has 3 N–H and O–H groups in total. The maximum absolute atomic E-state index is 12.3. The monoisotopic (exact) mass is 333 g/mol. The van der Waals surface area contributed by atoms with Gasteiger partial charge >= 0.3 is 0 Å². The molecule has 3 aromatic rings. The Balaban J connectivity index is 1.40. The smallest absolute Gasteiger partial charge is 0.267 e. The number of carbonyl (C=O) groups is 2. The molecule has 0 unspecified atom stereocenters. The van der Waals surface area contributed by atoms with Crippen molar-refractivity contribution >= 4 is 28.4 Å². The molecule has 0 spiro atoms. The number of aromatic nitrogens is 1. The van der Waals surface area contributed by atoms with Gasteiger partial charge < -0.3 is 15.6 Å². The lowest BCUT2D eigenvalue weighted by Gasteiger charge is -2.08. The molecule has 0 bridgehead atoms. The van der Waals surface area contributed by atoms with E-state index in [0.717, 1.165) is 35.0 Å². The van der Waals surface area contributed by atoms with Crippen LogP contribution in [0.3, 0.4) is 0 Å². The van der Waals surface area contributed by atoms with Gasteiger partial charge in [-0.05, 0) is 42.7 Å². The summed E-state index contributed by atoms with van der Waals surface area (Å²) in [6, 6.07) is 17.2. The van der Waals surface area contributed by atoms with E-state index < -0.39 is 0 Å². The Kier molecular flexibility index (Phi) is 3.98. The van der Waals surface area contributed by atoms with Gasteiger partial charge in [0.05, 0.1) is 0 Å². The van der Waals surface area contributed by atoms with Crippen molar-refractivity contribution in [2.75, 3.05) is 5.32 Å². The number of H-pyrrole nitrogens is 1. The molecule has 2 aromatic carbocycles. The maximum atomic E-state index is 12.3. The summed E-state index contributed by atoms with van der Waals surface area (Å²) in [6.07, 6.45) is 1.96. The first-order chi connectivity index (χ1) is 12.2. The van der Waals surface area contributed by atoms with Crippen LogP contribution in [0.2, 0.25) is 0 Å². The predicted molar refractivity (Wildman–Crippen MR) is 97.3 cm³/mol. The summed E-state index contributed by atoms with van der Waals surface area (Å²) in [5, 5.41) is 6.84. The van der Waals surface area contributed by atoms with Gasteiger partial charge in [-0.1, -0.05) is 30.3 Å². The molecule has 1 saturated carbocycles. The van der Waals surface area contributed by atoms with E-state index in [4.69, 9.17) is 0 Å². The Morgan fingerprint density at radius 3 is 2.68 bits per heavy atom. The first-order valence-corrected chi connectivity index (χ1v) is 8.45. The summed E-state index contributed by atoms with van der Waals surface area (Å²) in [5.41, 5.74) is 3.20. The van der Waals surface area contributed by atoms with Crippen molar-refractivity contribution in [2.45, 2.75) is 19.4 Å². The number of amides is 2. The van der Waals surface area contributed by atoms with E-state index in [-0.39, 0.29) is 17.7 Å². The van der Waals surface area contributed by atoms with Crippen LogP contribution in [0, 0.1) is 5.92 Å². The van der Waals surface area contributed by atoms with Gasteiger partial charge in [0, 0.05) is 29.1 Å². The topological polar surface area (TPSA) is 74.0 Å². The van der Waals surface area contributed by atoms with E-state index in [1.165, 1.54) is 0 Å². The Morgan fingerprint density at radius 1 is 1.04 bits per heavy atom. The average Bonchev–Trinajstić information content (AvgIpc) is 3.39. The lowest BCUT2D eigenvalue weighted by Crippen LogP contribution is -2.23. The number of hydrogen-bond donors (Lipinski definition) is 3. The van der Waals surface area contributed by atoms with Crippen LogP contribution in [0.5, 0.6) is 0 Å². The zero-order valence-electron chi connectivity index (χ0n) is 13.7. The summed E-state index contributed by atoms with van der Waals surface area (Å²) in [7, 11) is 0. The minimum atomic E-state index is -0.149. The van der Waals surface area contributed by atoms with E-state index in [1.807, 2.05) is 54.6 Å². The Bertz CT molecular complexity index is 908. The van der Waals surface area contributed by atoms with Crippen molar-refractivity contribution in [2.24, 2.45) is 5.92 Å². The fourth-order valence-electron chi connectivity index (χ4n) is 2.82. The van der Waals surface area contributed by atoms with Crippen LogP contribution in [0.15, 0.2) is 54.6 Å². The van der Waals surface area contributed by atoms with Crippen LogP contribution < -0.4 is 10.6 Å². The van der Waals surface area contributed by atoms with Gasteiger partial charge in [-0.25, -0.2) is 0 Å². The third-order valence-corrected chi connectivity index (χ3v) is 4.37. The minimum absolute atomic E-state index is 0.0826. The van der Waals surface area contributed by atoms with Gasteiger partial charge in [-0.3, -0.25) is 9.59 Å². The van der Waals surface area contributed by atoms with Crippen LogP contribution in [-0.4, -0.2) is 16.8 Å². The number of carbonyl (C=O) groups excluding carboxylic acids is 2. The Hall–Kier alpha value is -3.08. The van der Waals surface area contributed by atoms with Gasteiger partial charge in [0.25, 0.3) is 5.91 Å². The molecular weight excluding hydrogens is 314 g/mol. The molecule has 1 aromatic heterocycles. The predicted octanol–water partition coefficient (Wildman–Crippen LogP) is 3.45. The van der Waals surface area contributed by atoms with Gasteiger partial charge in [0.15, 0.2) is 0 Å².